The van der Waals surface area contributed by atoms with Gasteiger partial charge in [0.1, 0.15) is 18.8 Å². The van der Waals surface area contributed by atoms with Crippen LogP contribution >= 0.6 is 0 Å². The fourth-order valence-corrected chi connectivity index (χ4v) is 2.27. The molecule has 0 spiro atoms. The lowest BCUT2D eigenvalue weighted by molar-refractivity contribution is -0.900. The Kier molecular flexibility index (Phi) is 6.36. The molecule has 0 atom stereocenters. The van der Waals surface area contributed by atoms with E-state index in [4.69, 9.17) is 9.47 Å². The molecule has 2 N–H and O–H groups in total. The van der Waals surface area contributed by atoms with Crippen molar-refractivity contribution < 1.29 is 19.2 Å². The van der Waals surface area contributed by atoms with Gasteiger partial charge in [0.25, 0.3) is 5.91 Å². The number of ether oxygens (including phenoxy) is 2. The van der Waals surface area contributed by atoms with Crippen molar-refractivity contribution >= 4 is 11.6 Å². The van der Waals surface area contributed by atoms with Crippen LogP contribution in [0.3, 0.4) is 0 Å². The van der Waals surface area contributed by atoms with E-state index in [0.29, 0.717) is 13.2 Å². The van der Waals surface area contributed by atoms with Gasteiger partial charge in [0.15, 0.2) is 6.54 Å². The van der Waals surface area contributed by atoms with E-state index in [1.807, 2.05) is 38.1 Å². The maximum atomic E-state index is 11.9. The third-order valence-electron chi connectivity index (χ3n) is 3.54. The van der Waals surface area contributed by atoms with E-state index in [1.165, 1.54) is 4.90 Å². The van der Waals surface area contributed by atoms with E-state index in [0.717, 1.165) is 43.3 Å². The smallest absolute Gasteiger partial charge is 0.295 e. The molecule has 1 heterocycles. The molecule has 0 aliphatic carbocycles. The molecule has 120 valence electrons. The Bertz CT molecular complexity index is 508. The van der Waals surface area contributed by atoms with Gasteiger partial charge in [-0.25, -0.2) is 5.43 Å². The summed E-state index contributed by atoms with van der Waals surface area (Å²) in [5.74, 6) is 0.765. The highest BCUT2D eigenvalue weighted by Gasteiger charge is 2.17. The van der Waals surface area contributed by atoms with Crippen molar-refractivity contribution in [1.82, 2.24) is 5.43 Å². The SMILES string of the molecule is CCOc1ccc(/C(C)=N\NC(=O)C[NH+]2CCOCC2)cc1. The van der Waals surface area contributed by atoms with Gasteiger partial charge in [0.2, 0.25) is 0 Å². The Morgan fingerprint density at radius 2 is 2.00 bits per heavy atom. The zero-order valence-corrected chi connectivity index (χ0v) is 13.2. The Morgan fingerprint density at radius 3 is 2.64 bits per heavy atom. The Morgan fingerprint density at radius 1 is 1.32 bits per heavy atom. The highest BCUT2D eigenvalue weighted by atomic mass is 16.5. The first-order valence-corrected chi connectivity index (χ1v) is 7.66. The number of carbonyl (C=O) groups excluding carboxylic acids is 1. The van der Waals surface area contributed by atoms with Gasteiger partial charge in [-0.3, -0.25) is 4.79 Å². The minimum Gasteiger partial charge on any atom is -0.494 e. The molecule has 2 rings (SSSR count). The highest BCUT2D eigenvalue weighted by molar-refractivity contribution is 5.99. The number of benzene rings is 1. The summed E-state index contributed by atoms with van der Waals surface area (Å²) in [6, 6.07) is 7.67. The molecular weight excluding hydrogens is 282 g/mol. The van der Waals surface area contributed by atoms with Gasteiger partial charge >= 0.3 is 0 Å². The van der Waals surface area contributed by atoms with E-state index >= 15 is 0 Å². The zero-order valence-electron chi connectivity index (χ0n) is 13.2. The van der Waals surface area contributed by atoms with Crippen LogP contribution in [-0.2, 0) is 9.53 Å². The van der Waals surface area contributed by atoms with Gasteiger partial charge in [-0.15, -0.1) is 0 Å². The minimum absolute atomic E-state index is 0.0674. The summed E-state index contributed by atoms with van der Waals surface area (Å²) >= 11 is 0. The lowest BCUT2D eigenvalue weighted by Crippen LogP contribution is -3.15. The number of nitrogens with one attached hydrogen (secondary N) is 2. The standard InChI is InChI=1S/C16H23N3O3/c1-3-22-15-6-4-14(5-7-15)13(2)17-18-16(20)12-19-8-10-21-11-9-19/h4-7H,3,8-12H2,1-2H3,(H,18,20)/p+1/b17-13-. The van der Waals surface area contributed by atoms with Gasteiger partial charge in [-0.2, -0.15) is 5.10 Å². The van der Waals surface area contributed by atoms with Gasteiger partial charge in [0.05, 0.1) is 25.5 Å². The van der Waals surface area contributed by atoms with Crippen LogP contribution in [0, 0.1) is 0 Å². The molecule has 1 aliphatic heterocycles. The number of hydrogen-bond donors (Lipinski definition) is 2. The topological polar surface area (TPSA) is 64.4 Å². The van der Waals surface area contributed by atoms with Crippen molar-refractivity contribution in [3.05, 3.63) is 29.8 Å². The molecule has 6 nitrogen and oxygen atoms in total. The molecule has 0 aromatic heterocycles. The molecule has 1 aromatic rings. The van der Waals surface area contributed by atoms with Gasteiger partial charge in [-0.1, -0.05) is 0 Å². The van der Waals surface area contributed by atoms with Gasteiger partial charge in [0, 0.05) is 0 Å². The second kappa shape index (κ2) is 8.51. The van der Waals surface area contributed by atoms with Crippen LogP contribution in [0.25, 0.3) is 0 Å². The number of amides is 1. The first-order chi connectivity index (χ1) is 10.7. The van der Waals surface area contributed by atoms with Gasteiger partial charge in [-0.05, 0) is 43.7 Å². The summed E-state index contributed by atoms with van der Waals surface area (Å²) in [6.45, 7) is 8.08. The fourth-order valence-electron chi connectivity index (χ4n) is 2.27. The average Bonchev–Trinajstić information content (AvgIpc) is 2.54. The normalized spacial score (nSPS) is 16.4. The van der Waals surface area contributed by atoms with E-state index in [-0.39, 0.29) is 5.91 Å². The lowest BCUT2D eigenvalue weighted by atomic mass is 10.1. The van der Waals surface area contributed by atoms with Crippen LogP contribution in [0.4, 0.5) is 0 Å². The second-order valence-corrected chi connectivity index (χ2v) is 5.23. The van der Waals surface area contributed by atoms with E-state index in [9.17, 15) is 4.79 Å². The highest BCUT2D eigenvalue weighted by Crippen LogP contribution is 2.12. The van der Waals surface area contributed by atoms with Crippen LogP contribution in [0.5, 0.6) is 5.75 Å². The molecule has 0 bridgehead atoms. The van der Waals surface area contributed by atoms with Crippen LogP contribution < -0.4 is 15.1 Å². The predicted octanol–water partition coefficient (Wildman–Crippen LogP) is -0.159. The number of morpholine rings is 1. The van der Waals surface area contributed by atoms with Crippen molar-refractivity contribution in [2.45, 2.75) is 13.8 Å². The molecular formula is C16H24N3O3+. The number of nitrogens with zero attached hydrogens (tertiary/aromatic N) is 1. The Hall–Kier alpha value is -1.92. The van der Waals surface area contributed by atoms with Crippen molar-refractivity contribution in [3.63, 3.8) is 0 Å². The maximum absolute atomic E-state index is 11.9. The molecule has 1 fully saturated rings. The summed E-state index contributed by atoms with van der Waals surface area (Å²) in [6.07, 6.45) is 0. The van der Waals surface area contributed by atoms with Gasteiger partial charge < -0.3 is 14.4 Å². The van der Waals surface area contributed by atoms with Crippen molar-refractivity contribution in [2.75, 3.05) is 39.5 Å². The van der Waals surface area contributed by atoms with Crippen LogP contribution in [-0.4, -0.2) is 51.1 Å². The number of rotatable bonds is 6. The van der Waals surface area contributed by atoms with Crippen molar-refractivity contribution in [3.8, 4) is 5.75 Å². The average molecular weight is 306 g/mol. The van der Waals surface area contributed by atoms with E-state index < -0.39 is 0 Å². The molecule has 1 amide bonds. The molecule has 1 saturated heterocycles. The molecule has 1 aromatic carbocycles. The summed E-state index contributed by atoms with van der Waals surface area (Å²) in [7, 11) is 0. The molecule has 22 heavy (non-hydrogen) atoms. The quantitative estimate of drug-likeness (QED) is 0.567. The summed E-state index contributed by atoms with van der Waals surface area (Å²) in [5, 5.41) is 4.17. The second-order valence-electron chi connectivity index (χ2n) is 5.23. The van der Waals surface area contributed by atoms with Crippen molar-refractivity contribution in [2.24, 2.45) is 5.10 Å². The molecule has 0 radical (unpaired) electrons. The number of quaternary nitrogens is 1. The zero-order chi connectivity index (χ0) is 15.8. The summed E-state index contributed by atoms with van der Waals surface area (Å²) < 4.78 is 10.7. The summed E-state index contributed by atoms with van der Waals surface area (Å²) in [4.78, 5) is 13.1. The third-order valence-corrected chi connectivity index (χ3v) is 3.54. The molecule has 6 heteroatoms. The Labute approximate surface area is 131 Å². The van der Waals surface area contributed by atoms with Crippen LogP contribution in [0.15, 0.2) is 29.4 Å². The maximum Gasteiger partial charge on any atom is 0.295 e. The number of carbonyl (C=O) groups is 1. The minimum atomic E-state index is -0.0674. The molecule has 0 unspecified atom stereocenters. The van der Waals surface area contributed by atoms with Crippen molar-refractivity contribution in [1.29, 1.82) is 0 Å². The van der Waals surface area contributed by atoms with Crippen LogP contribution in [0.1, 0.15) is 19.4 Å². The number of hydrazone groups is 1. The first-order valence-electron chi connectivity index (χ1n) is 7.66. The molecule has 1 aliphatic rings. The largest absolute Gasteiger partial charge is 0.494 e. The third kappa shape index (κ3) is 5.13. The lowest BCUT2D eigenvalue weighted by Gasteiger charge is -2.22. The van der Waals surface area contributed by atoms with E-state index in [2.05, 4.69) is 10.5 Å². The first kappa shape index (κ1) is 16.5. The predicted molar refractivity (Wildman–Crippen MR) is 84.3 cm³/mol. The number of hydrogen-bond acceptors (Lipinski definition) is 4. The summed E-state index contributed by atoms with van der Waals surface area (Å²) in [5.41, 5.74) is 4.36. The Balaban J connectivity index is 1.84. The monoisotopic (exact) mass is 306 g/mol. The fraction of sp³-hybridized carbons (Fsp3) is 0.500. The van der Waals surface area contributed by atoms with E-state index in [1.54, 1.807) is 0 Å². The molecule has 0 saturated carbocycles. The van der Waals surface area contributed by atoms with Crippen LogP contribution in [0.2, 0.25) is 0 Å².